The van der Waals surface area contributed by atoms with Crippen LogP contribution in [0.5, 0.6) is 5.75 Å². The minimum Gasteiger partial charge on any atom is -0.471 e. The van der Waals surface area contributed by atoms with E-state index in [0.717, 1.165) is 29.0 Å². The fourth-order valence-corrected chi connectivity index (χ4v) is 2.44. The first-order chi connectivity index (χ1) is 10.3. The molecule has 5 nitrogen and oxygen atoms in total. The highest BCUT2D eigenvalue weighted by atomic mass is 16.6. The van der Waals surface area contributed by atoms with E-state index in [-0.39, 0.29) is 5.60 Å². The first kappa shape index (κ1) is 12.3. The topological polar surface area (TPSA) is 52.5 Å². The summed E-state index contributed by atoms with van der Waals surface area (Å²) in [5.74, 6) is 0.831. The summed E-state index contributed by atoms with van der Waals surface area (Å²) in [6.07, 6.45) is 0. The molecule has 21 heavy (non-hydrogen) atoms. The van der Waals surface area contributed by atoms with Gasteiger partial charge in [-0.1, -0.05) is 35.5 Å². The highest BCUT2D eigenvalue weighted by molar-refractivity contribution is 5.73. The summed E-state index contributed by atoms with van der Waals surface area (Å²) in [6.45, 7) is 3.13. The van der Waals surface area contributed by atoms with Gasteiger partial charge in [-0.3, -0.25) is 0 Å². The van der Waals surface area contributed by atoms with Gasteiger partial charge >= 0.3 is 0 Å². The molecule has 0 saturated carbocycles. The van der Waals surface area contributed by atoms with Gasteiger partial charge in [-0.05, 0) is 25.1 Å². The van der Waals surface area contributed by atoms with Crippen LogP contribution < -0.4 is 4.74 Å². The second kappa shape index (κ2) is 4.56. The van der Waals surface area contributed by atoms with Gasteiger partial charge in [0.25, 0.3) is 0 Å². The van der Waals surface area contributed by atoms with Gasteiger partial charge in [-0.25, -0.2) is 4.68 Å². The SMILES string of the molecule is CC1(c2ccccc2OCn2nnc3ccccc32)CO1. The van der Waals surface area contributed by atoms with Crippen molar-refractivity contribution in [1.82, 2.24) is 15.0 Å². The largest absolute Gasteiger partial charge is 0.471 e. The molecule has 1 unspecified atom stereocenters. The highest BCUT2D eigenvalue weighted by Gasteiger charge is 2.43. The Morgan fingerprint density at radius 1 is 1.19 bits per heavy atom. The Bertz CT molecular complexity index is 793. The molecule has 0 bridgehead atoms. The number of benzene rings is 2. The lowest BCUT2D eigenvalue weighted by molar-refractivity contribution is 0.214. The van der Waals surface area contributed by atoms with Crippen LogP contribution in [0, 0.1) is 0 Å². The number of fused-ring (bicyclic) bond motifs is 1. The van der Waals surface area contributed by atoms with E-state index in [2.05, 4.69) is 17.2 Å². The summed E-state index contributed by atoms with van der Waals surface area (Å²) in [6, 6.07) is 15.8. The summed E-state index contributed by atoms with van der Waals surface area (Å²) in [4.78, 5) is 0. The van der Waals surface area contributed by atoms with E-state index in [1.165, 1.54) is 0 Å². The number of hydrogen-bond donors (Lipinski definition) is 0. The molecule has 3 aromatic rings. The number of aromatic nitrogens is 3. The third kappa shape index (κ3) is 2.15. The normalized spacial score (nSPS) is 20.6. The third-order valence-electron chi connectivity index (χ3n) is 3.80. The zero-order valence-electron chi connectivity index (χ0n) is 11.7. The maximum atomic E-state index is 5.94. The Labute approximate surface area is 122 Å². The number of rotatable bonds is 4. The number of hydrogen-bond acceptors (Lipinski definition) is 4. The minimum atomic E-state index is -0.207. The minimum absolute atomic E-state index is 0.207. The van der Waals surface area contributed by atoms with Gasteiger partial charge in [0.2, 0.25) is 0 Å². The van der Waals surface area contributed by atoms with Gasteiger partial charge in [0.1, 0.15) is 16.9 Å². The molecule has 2 aromatic carbocycles. The van der Waals surface area contributed by atoms with Crippen molar-refractivity contribution >= 4 is 11.0 Å². The molecule has 1 saturated heterocycles. The van der Waals surface area contributed by atoms with Crippen LogP contribution in [0.2, 0.25) is 0 Å². The van der Waals surface area contributed by atoms with Crippen LogP contribution in [0.25, 0.3) is 11.0 Å². The van der Waals surface area contributed by atoms with Crippen LogP contribution >= 0.6 is 0 Å². The summed E-state index contributed by atoms with van der Waals surface area (Å²) >= 11 is 0. The molecule has 1 atom stereocenters. The van der Waals surface area contributed by atoms with E-state index >= 15 is 0 Å². The predicted molar refractivity (Wildman–Crippen MR) is 77.9 cm³/mol. The molecular formula is C16H15N3O2. The van der Waals surface area contributed by atoms with E-state index in [1.54, 1.807) is 4.68 Å². The summed E-state index contributed by atoms with van der Waals surface area (Å²) < 4.78 is 13.2. The third-order valence-corrected chi connectivity index (χ3v) is 3.80. The van der Waals surface area contributed by atoms with Gasteiger partial charge in [-0.2, -0.15) is 0 Å². The lowest BCUT2D eigenvalue weighted by Crippen LogP contribution is -2.11. The summed E-state index contributed by atoms with van der Waals surface area (Å²) in [5, 5.41) is 8.25. The Morgan fingerprint density at radius 3 is 2.81 bits per heavy atom. The summed E-state index contributed by atoms with van der Waals surface area (Å²) in [7, 11) is 0. The van der Waals surface area contributed by atoms with E-state index in [9.17, 15) is 0 Å². The molecule has 4 rings (SSSR count). The van der Waals surface area contributed by atoms with Crippen LogP contribution in [0.1, 0.15) is 12.5 Å². The molecular weight excluding hydrogens is 266 g/mol. The van der Waals surface area contributed by atoms with Gasteiger partial charge in [-0.15, -0.1) is 5.10 Å². The zero-order chi connectivity index (χ0) is 14.3. The average Bonchev–Trinajstić information content (AvgIpc) is 3.14. The number of ether oxygens (including phenoxy) is 2. The zero-order valence-corrected chi connectivity index (χ0v) is 11.7. The van der Waals surface area contributed by atoms with Gasteiger partial charge in [0.05, 0.1) is 12.1 Å². The molecule has 0 N–H and O–H groups in total. The molecule has 2 heterocycles. The lowest BCUT2D eigenvalue weighted by Gasteiger charge is -2.13. The second-order valence-corrected chi connectivity index (χ2v) is 5.37. The standard InChI is InChI=1S/C16H15N3O2/c1-16(10-21-16)12-6-2-5-9-15(12)20-11-19-14-8-4-3-7-13(14)17-18-19/h2-9H,10-11H2,1H3. The Kier molecular flexibility index (Phi) is 2.68. The first-order valence-corrected chi connectivity index (χ1v) is 6.91. The van der Waals surface area contributed by atoms with Crippen LogP contribution in [-0.4, -0.2) is 21.6 Å². The van der Waals surface area contributed by atoms with Crippen molar-refractivity contribution in [2.24, 2.45) is 0 Å². The van der Waals surface area contributed by atoms with Crippen LogP contribution in [-0.2, 0) is 17.1 Å². The molecule has 1 aliphatic heterocycles. The smallest absolute Gasteiger partial charge is 0.183 e. The predicted octanol–water partition coefficient (Wildman–Crippen LogP) is 2.71. The van der Waals surface area contributed by atoms with Crippen molar-refractivity contribution in [1.29, 1.82) is 0 Å². The first-order valence-electron chi connectivity index (χ1n) is 6.91. The Hall–Kier alpha value is -2.40. The van der Waals surface area contributed by atoms with Crippen molar-refractivity contribution in [3.63, 3.8) is 0 Å². The highest BCUT2D eigenvalue weighted by Crippen LogP contribution is 2.42. The molecule has 1 aromatic heterocycles. The molecule has 0 spiro atoms. The van der Waals surface area contributed by atoms with Crippen molar-refractivity contribution in [2.45, 2.75) is 19.3 Å². The fourth-order valence-electron chi connectivity index (χ4n) is 2.44. The van der Waals surface area contributed by atoms with Crippen LogP contribution in [0.4, 0.5) is 0 Å². The quantitative estimate of drug-likeness (QED) is 0.690. The number of epoxide rings is 1. The monoisotopic (exact) mass is 281 g/mol. The van der Waals surface area contributed by atoms with Gasteiger partial charge < -0.3 is 9.47 Å². The number of para-hydroxylation sites is 2. The van der Waals surface area contributed by atoms with E-state index in [0.29, 0.717) is 6.73 Å². The van der Waals surface area contributed by atoms with E-state index < -0.39 is 0 Å². The molecule has 0 amide bonds. The van der Waals surface area contributed by atoms with E-state index in [1.807, 2.05) is 48.5 Å². The van der Waals surface area contributed by atoms with E-state index in [4.69, 9.17) is 9.47 Å². The Balaban J connectivity index is 1.60. The van der Waals surface area contributed by atoms with Crippen molar-refractivity contribution in [2.75, 3.05) is 6.61 Å². The maximum Gasteiger partial charge on any atom is 0.183 e. The molecule has 0 aliphatic carbocycles. The lowest BCUT2D eigenvalue weighted by atomic mass is 10.0. The average molecular weight is 281 g/mol. The molecule has 1 fully saturated rings. The molecule has 106 valence electrons. The van der Waals surface area contributed by atoms with Crippen LogP contribution in [0.15, 0.2) is 48.5 Å². The van der Waals surface area contributed by atoms with Crippen molar-refractivity contribution in [3.05, 3.63) is 54.1 Å². The molecule has 1 aliphatic rings. The summed E-state index contributed by atoms with van der Waals surface area (Å²) in [5.41, 5.74) is 2.70. The van der Waals surface area contributed by atoms with Crippen LogP contribution in [0.3, 0.4) is 0 Å². The second-order valence-electron chi connectivity index (χ2n) is 5.37. The number of nitrogens with zero attached hydrogens (tertiary/aromatic N) is 3. The van der Waals surface area contributed by atoms with Crippen molar-refractivity contribution < 1.29 is 9.47 Å². The van der Waals surface area contributed by atoms with Gasteiger partial charge in [0, 0.05) is 5.56 Å². The fraction of sp³-hybridized carbons (Fsp3) is 0.250. The maximum absolute atomic E-state index is 5.94. The van der Waals surface area contributed by atoms with Crippen molar-refractivity contribution in [3.8, 4) is 5.75 Å². The Morgan fingerprint density at radius 2 is 1.95 bits per heavy atom. The van der Waals surface area contributed by atoms with Gasteiger partial charge in [0.15, 0.2) is 6.73 Å². The molecule has 5 heteroatoms. The molecule has 0 radical (unpaired) electrons.